The monoisotopic (exact) mass is 280 g/mol. The van der Waals surface area contributed by atoms with Gasteiger partial charge < -0.3 is 10.3 Å². The number of carbonyl (C=O) groups excluding carboxylic acids is 1. The van der Waals surface area contributed by atoms with Crippen LogP contribution in [0.3, 0.4) is 0 Å². The van der Waals surface area contributed by atoms with Crippen molar-refractivity contribution in [3.8, 4) is 0 Å². The number of aromatic nitrogens is 1. The molecule has 1 aromatic heterocycles. The average Bonchev–Trinajstić information content (AvgIpc) is 2.90. The van der Waals surface area contributed by atoms with E-state index in [1.807, 2.05) is 0 Å². The Bertz CT molecular complexity index is 598. The molecule has 7 nitrogen and oxygen atoms in total. The van der Waals surface area contributed by atoms with Gasteiger partial charge in [-0.1, -0.05) is 28.0 Å². The summed E-state index contributed by atoms with van der Waals surface area (Å²) in [5.74, 6) is 0.106. The van der Waals surface area contributed by atoms with Crippen LogP contribution >= 0.6 is 11.6 Å². The van der Waals surface area contributed by atoms with Gasteiger partial charge in [-0.3, -0.25) is 10.2 Å². The second-order valence-electron chi connectivity index (χ2n) is 3.37. The van der Waals surface area contributed by atoms with Gasteiger partial charge in [0.2, 0.25) is 11.6 Å². The minimum absolute atomic E-state index is 0.0984. The summed E-state index contributed by atoms with van der Waals surface area (Å²) in [6.45, 7) is 0. The predicted molar refractivity (Wildman–Crippen MR) is 68.8 cm³/mol. The van der Waals surface area contributed by atoms with Crippen LogP contribution in [0, 0.1) is 0 Å². The van der Waals surface area contributed by atoms with Gasteiger partial charge in [0, 0.05) is 16.8 Å². The van der Waals surface area contributed by atoms with E-state index >= 15 is 0 Å². The van der Waals surface area contributed by atoms with Crippen LogP contribution in [-0.4, -0.2) is 17.1 Å². The smallest absolute Gasteiger partial charge is 0.378 e. The van der Waals surface area contributed by atoms with E-state index < -0.39 is 6.09 Å². The number of nitrogens with zero attached hydrogens (tertiary/aromatic N) is 2. The molecule has 8 heteroatoms. The first-order valence-corrected chi connectivity index (χ1v) is 5.51. The number of nitrogens with two attached hydrogens (primary N) is 1. The molecule has 2 aromatic rings. The zero-order valence-corrected chi connectivity index (χ0v) is 10.3. The molecule has 0 unspecified atom stereocenters. The number of nitrogens with one attached hydrogen (secondary N) is 1. The minimum Gasteiger partial charge on any atom is -0.378 e. The molecule has 0 aliphatic heterocycles. The highest BCUT2D eigenvalue weighted by Crippen LogP contribution is 2.14. The Labute approximate surface area is 113 Å². The number of anilines is 1. The molecule has 0 bridgehead atoms. The summed E-state index contributed by atoms with van der Waals surface area (Å²) in [7, 11) is 0. The third-order valence-electron chi connectivity index (χ3n) is 1.99. The van der Waals surface area contributed by atoms with E-state index in [4.69, 9.17) is 21.9 Å². The molecule has 1 amide bonds. The molecule has 0 saturated heterocycles. The Morgan fingerprint density at radius 3 is 3.00 bits per heavy atom. The number of oxime groups is 1. The number of amides is 1. The van der Waals surface area contributed by atoms with E-state index in [0.717, 1.165) is 0 Å². The number of hydrogen-bond donors (Lipinski definition) is 2. The lowest BCUT2D eigenvalue weighted by Crippen LogP contribution is -2.17. The molecule has 98 valence electrons. The fourth-order valence-electron chi connectivity index (χ4n) is 1.19. The van der Waals surface area contributed by atoms with Crippen LogP contribution < -0.4 is 11.1 Å². The molecule has 3 N–H and O–H groups in total. The van der Waals surface area contributed by atoms with Gasteiger partial charge in [-0.15, -0.1) is 0 Å². The van der Waals surface area contributed by atoms with Crippen molar-refractivity contribution in [1.29, 1.82) is 0 Å². The van der Waals surface area contributed by atoms with Crippen molar-refractivity contribution >= 4 is 29.2 Å². The molecule has 0 aliphatic carbocycles. The largest absolute Gasteiger partial charge is 0.437 e. The topological polar surface area (TPSA) is 103 Å². The molecular weight excluding hydrogens is 272 g/mol. The van der Waals surface area contributed by atoms with Crippen molar-refractivity contribution in [2.24, 2.45) is 10.9 Å². The molecule has 19 heavy (non-hydrogen) atoms. The van der Waals surface area contributed by atoms with Crippen molar-refractivity contribution in [2.45, 2.75) is 0 Å². The second kappa shape index (κ2) is 5.87. The summed E-state index contributed by atoms with van der Waals surface area (Å²) in [4.78, 5) is 16.0. The molecule has 1 heterocycles. The van der Waals surface area contributed by atoms with Crippen molar-refractivity contribution in [1.82, 2.24) is 5.16 Å². The zero-order chi connectivity index (χ0) is 13.7. The summed E-state index contributed by atoms with van der Waals surface area (Å²) in [6, 6.07) is 8.06. The third kappa shape index (κ3) is 3.71. The Morgan fingerprint density at radius 2 is 2.32 bits per heavy atom. The highest BCUT2D eigenvalue weighted by molar-refractivity contribution is 6.30. The van der Waals surface area contributed by atoms with E-state index in [0.29, 0.717) is 10.7 Å². The summed E-state index contributed by atoms with van der Waals surface area (Å²) in [6.07, 6.45) is 0.591. The molecule has 1 aromatic carbocycles. The van der Waals surface area contributed by atoms with Crippen LogP contribution in [0.5, 0.6) is 0 Å². The molecule has 0 spiro atoms. The average molecular weight is 281 g/mol. The fraction of sp³-hybridized carbons (Fsp3) is 0. The number of benzene rings is 1. The molecule has 0 atom stereocenters. The van der Waals surface area contributed by atoms with Crippen molar-refractivity contribution in [3.63, 3.8) is 0 Å². The van der Waals surface area contributed by atoms with Crippen molar-refractivity contribution in [2.75, 3.05) is 5.32 Å². The van der Waals surface area contributed by atoms with Gasteiger partial charge in [-0.2, -0.15) is 0 Å². The van der Waals surface area contributed by atoms with Gasteiger partial charge in [0.15, 0.2) is 0 Å². The second-order valence-corrected chi connectivity index (χ2v) is 3.80. The van der Waals surface area contributed by atoms with Crippen molar-refractivity contribution < 1.29 is 14.2 Å². The van der Waals surface area contributed by atoms with E-state index in [2.05, 4.69) is 20.5 Å². The molecule has 0 radical (unpaired) electrons. The normalized spacial score (nSPS) is 11.1. The van der Waals surface area contributed by atoms with Gasteiger partial charge in [0.05, 0.1) is 6.20 Å². The molecule has 2 rings (SSSR count). The fourth-order valence-corrected chi connectivity index (χ4v) is 1.38. The highest BCUT2D eigenvalue weighted by Gasteiger charge is 2.07. The number of rotatable bonds is 3. The van der Waals surface area contributed by atoms with Gasteiger partial charge in [-0.25, -0.2) is 4.79 Å². The standard InChI is InChI=1S/C11H9ClN4O3/c12-7-2-1-3-8(6-7)15-11(17)19-16-10(13)9-4-5-14-18-9/h1-6H,(H2,13,16)(H,15,17). The van der Waals surface area contributed by atoms with Gasteiger partial charge in [0.1, 0.15) is 0 Å². The number of carbonyl (C=O) groups is 1. The van der Waals surface area contributed by atoms with Gasteiger partial charge >= 0.3 is 6.09 Å². The number of halogens is 1. The zero-order valence-electron chi connectivity index (χ0n) is 9.54. The lowest BCUT2D eigenvalue weighted by atomic mass is 10.3. The van der Waals surface area contributed by atoms with Gasteiger partial charge in [0.25, 0.3) is 0 Å². The highest BCUT2D eigenvalue weighted by atomic mass is 35.5. The summed E-state index contributed by atoms with van der Waals surface area (Å²) in [5, 5.41) is 9.76. The Hall–Kier alpha value is -2.54. The summed E-state index contributed by atoms with van der Waals surface area (Å²) < 4.78 is 4.73. The maximum Gasteiger partial charge on any atom is 0.437 e. The Morgan fingerprint density at radius 1 is 1.47 bits per heavy atom. The van der Waals surface area contributed by atoms with Crippen LogP contribution in [0.4, 0.5) is 10.5 Å². The van der Waals surface area contributed by atoms with E-state index in [9.17, 15) is 4.79 Å². The quantitative estimate of drug-likeness (QED) is 0.388. The van der Waals surface area contributed by atoms with Crippen LogP contribution in [0.15, 0.2) is 46.2 Å². The number of amidine groups is 1. The van der Waals surface area contributed by atoms with Gasteiger partial charge in [-0.05, 0) is 18.2 Å². The van der Waals surface area contributed by atoms with Crippen LogP contribution in [-0.2, 0) is 4.84 Å². The first kappa shape index (κ1) is 12.9. The Balaban J connectivity index is 1.93. The summed E-state index contributed by atoms with van der Waals surface area (Å²) in [5.41, 5.74) is 5.97. The first-order valence-electron chi connectivity index (χ1n) is 5.13. The maximum atomic E-state index is 11.4. The minimum atomic E-state index is -0.801. The van der Waals surface area contributed by atoms with Crippen LogP contribution in [0.1, 0.15) is 5.76 Å². The van der Waals surface area contributed by atoms with Crippen molar-refractivity contribution in [3.05, 3.63) is 47.3 Å². The van der Waals surface area contributed by atoms with E-state index in [1.54, 1.807) is 24.3 Å². The summed E-state index contributed by atoms with van der Waals surface area (Å²) >= 11 is 5.76. The Kier molecular flexibility index (Phi) is 3.99. The molecule has 0 fully saturated rings. The first-order chi connectivity index (χ1) is 9.15. The predicted octanol–water partition coefficient (Wildman–Crippen LogP) is 2.20. The molecular formula is C11H9ClN4O3. The van der Waals surface area contributed by atoms with Crippen LogP contribution in [0.25, 0.3) is 0 Å². The molecule has 0 aliphatic rings. The SMILES string of the molecule is NC(=NOC(=O)Nc1cccc(Cl)c1)c1ccno1. The van der Waals surface area contributed by atoms with Crippen LogP contribution in [0.2, 0.25) is 5.02 Å². The lowest BCUT2D eigenvalue weighted by Gasteiger charge is -2.02. The van der Waals surface area contributed by atoms with E-state index in [1.165, 1.54) is 12.3 Å². The number of hydrogen-bond acceptors (Lipinski definition) is 5. The van der Waals surface area contributed by atoms with E-state index in [-0.39, 0.29) is 11.6 Å². The molecule has 0 saturated carbocycles. The maximum absolute atomic E-state index is 11.4. The lowest BCUT2D eigenvalue weighted by molar-refractivity contribution is 0.166. The third-order valence-corrected chi connectivity index (χ3v) is 2.22.